The Morgan fingerprint density at radius 3 is 2.62 bits per heavy atom. The molecule has 1 atom stereocenters. The molecule has 2 aromatic rings. The SMILES string of the molecule is CNC(=O)CC1SC(=Nc2ccccc2OC)N(Cc2cccc(C(=O)N(C)C)c2)C1=O. The molecule has 8 nitrogen and oxygen atoms in total. The second kappa shape index (κ2) is 10.3. The molecule has 2 aromatic carbocycles. The van der Waals surface area contributed by atoms with Gasteiger partial charge in [0.25, 0.3) is 5.91 Å². The van der Waals surface area contributed by atoms with E-state index >= 15 is 0 Å². The molecular formula is C23H26N4O4S. The molecule has 3 amide bonds. The molecule has 3 rings (SSSR count). The highest BCUT2D eigenvalue weighted by molar-refractivity contribution is 8.15. The fourth-order valence-corrected chi connectivity index (χ4v) is 4.36. The highest BCUT2D eigenvalue weighted by Gasteiger charge is 2.39. The van der Waals surface area contributed by atoms with Crippen LogP contribution in [-0.2, 0) is 16.1 Å². The Morgan fingerprint density at radius 1 is 1.19 bits per heavy atom. The third-order valence-corrected chi connectivity index (χ3v) is 6.07. The van der Waals surface area contributed by atoms with E-state index in [-0.39, 0.29) is 30.7 Å². The first-order valence-corrected chi connectivity index (χ1v) is 10.9. The first kappa shape index (κ1) is 23.3. The number of amidine groups is 1. The second-order valence-corrected chi connectivity index (χ2v) is 8.54. The number of carbonyl (C=O) groups excluding carboxylic acids is 3. The number of carbonyl (C=O) groups is 3. The number of nitrogens with one attached hydrogen (secondary N) is 1. The predicted molar refractivity (Wildman–Crippen MR) is 125 cm³/mol. The zero-order valence-corrected chi connectivity index (χ0v) is 19.3. The first-order chi connectivity index (χ1) is 15.3. The number of benzene rings is 2. The maximum absolute atomic E-state index is 13.2. The Balaban J connectivity index is 1.95. The number of thioether (sulfide) groups is 1. The van der Waals surface area contributed by atoms with E-state index in [1.807, 2.05) is 18.2 Å². The second-order valence-electron chi connectivity index (χ2n) is 7.37. The number of para-hydroxylation sites is 2. The quantitative estimate of drug-likeness (QED) is 0.695. The van der Waals surface area contributed by atoms with Gasteiger partial charge in [-0.1, -0.05) is 36.0 Å². The monoisotopic (exact) mass is 454 g/mol. The van der Waals surface area contributed by atoms with E-state index in [4.69, 9.17) is 4.74 Å². The Bertz CT molecular complexity index is 1050. The summed E-state index contributed by atoms with van der Waals surface area (Å²) in [4.78, 5) is 45.2. The summed E-state index contributed by atoms with van der Waals surface area (Å²) >= 11 is 1.25. The molecule has 0 aromatic heterocycles. The van der Waals surface area contributed by atoms with Crippen molar-refractivity contribution in [3.63, 3.8) is 0 Å². The summed E-state index contributed by atoms with van der Waals surface area (Å²) in [5.41, 5.74) is 1.92. The molecule has 1 aliphatic heterocycles. The molecule has 1 saturated heterocycles. The number of amides is 3. The molecule has 168 valence electrons. The van der Waals surface area contributed by atoms with Crippen LogP contribution in [0.2, 0.25) is 0 Å². The van der Waals surface area contributed by atoms with Gasteiger partial charge in [0.1, 0.15) is 16.7 Å². The smallest absolute Gasteiger partial charge is 0.253 e. The van der Waals surface area contributed by atoms with Crippen LogP contribution in [0.25, 0.3) is 0 Å². The van der Waals surface area contributed by atoms with Gasteiger partial charge in [-0.2, -0.15) is 0 Å². The van der Waals surface area contributed by atoms with Crippen LogP contribution in [0.3, 0.4) is 0 Å². The van der Waals surface area contributed by atoms with Crippen molar-refractivity contribution in [3.05, 3.63) is 59.7 Å². The van der Waals surface area contributed by atoms with Gasteiger partial charge in [0.15, 0.2) is 5.17 Å². The third-order valence-electron chi connectivity index (χ3n) is 4.89. The molecule has 0 spiro atoms. The minimum Gasteiger partial charge on any atom is -0.494 e. The number of nitrogens with zero attached hydrogens (tertiary/aromatic N) is 3. The van der Waals surface area contributed by atoms with Crippen LogP contribution >= 0.6 is 11.8 Å². The van der Waals surface area contributed by atoms with Crippen molar-refractivity contribution in [2.75, 3.05) is 28.3 Å². The average Bonchev–Trinajstić information content (AvgIpc) is 3.07. The van der Waals surface area contributed by atoms with Crippen molar-refractivity contribution < 1.29 is 19.1 Å². The maximum atomic E-state index is 13.2. The molecule has 0 bridgehead atoms. The molecule has 0 saturated carbocycles. The van der Waals surface area contributed by atoms with Crippen LogP contribution in [0.1, 0.15) is 22.3 Å². The molecule has 0 aliphatic carbocycles. The van der Waals surface area contributed by atoms with Gasteiger partial charge < -0.3 is 15.0 Å². The number of ether oxygens (including phenoxy) is 1. The van der Waals surface area contributed by atoms with E-state index in [0.717, 1.165) is 5.56 Å². The van der Waals surface area contributed by atoms with Crippen LogP contribution < -0.4 is 10.1 Å². The van der Waals surface area contributed by atoms with Crippen molar-refractivity contribution in [2.24, 2.45) is 4.99 Å². The van der Waals surface area contributed by atoms with E-state index < -0.39 is 5.25 Å². The fourth-order valence-electron chi connectivity index (χ4n) is 3.21. The minimum atomic E-state index is -0.574. The molecule has 0 radical (unpaired) electrons. The average molecular weight is 455 g/mol. The number of aliphatic imine (C=N–C) groups is 1. The first-order valence-electron chi connectivity index (χ1n) is 10.0. The lowest BCUT2D eigenvalue weighted by molar-refractivity contribution is -0.129. The summed E-state index contributed by atoms with van der Waals surface area (Å²) in [6.07, 6.45) is 0.0562. The highest BCUT2D eigenvalue weighted by Crippen LogP contribution is 2.35. The van der Waals surface area contributed by atoms with Crippen LogP contribution in [0.4, 0.5) is 5.69 Å². The van der Waals surface area contributed by atoms with E-state index in [1.54, 1.807) is 63.5 Å². The van der Waals surface area contributed by atoms with Gasteiger partial charge in [-0.25, -0.2) is 4.99 Å². The number of hydrogen-bond acceptors (Lipinski definition) is 6. The molecule has 1 aliphatic rings. The molecular weight excluding hydrogens is 428 g/mol. The normalized spacial score (nSPS) is 16.9. The van der Waals surface area contributed by atoms with Gasteiger partial charge >= 0.3 is 0 Å². The molecule has 9 heteroatoms. The standard InChI is InChI=1S/C23H26N4O4S/c1-24-20(28)13-19-22(30)27(14-15-8-7-9-16(12-15)21(29)26(2)3)23(32-19)25-17-10-5-6-11-18(17)31-4/h5-12,19H,13-14H2,1-4H3,(H,24,28). The summed E-state index contributed by atoms with van der Waals surface area (Å²) in [7, 11) is 6.49. The van der Waals surface area contributed by atoms with Crippen molar-refractivity contribution in [1.29, 1.82) is 0 Å². The van der Waals surface area contributed by atoms with Crippen molar-refractivity contribution >= 4 is 40.3 Å². The maximum Gasteiger partial charge on any atom is 0.253 e. The van der Waals surface area contributed by atoms with Crippen molar-refractivity contribution in [3.8, 4) is 5.75 Å². The van der Waals surface area contributed by atoms with Crippen molar-refractivity contribution in [1.82, 2.24) is 15.1 Å². The van der Waals surface area contributed by atoms with Gasteiger partial charge in [0.2, 0.25) is 11.8 Å². The fraction of sp³-hybridized carbons (Fsp3) is 0.304. The third kappa shape index (κ3) is 5.28. The van der Waals surface area contributed by atoms with Gasteiger partial charge in [0.05, 0.1) is 13.7 Å². The number of rotatable bonds is 7. The predicted octanol–water partition coefficient (Wildman–Crippen LogP) is 2.66. The zero-order chi connectivity index (χ0) is 23.3. The molecule has 1 unspecified atom stereocenters. The molecule has 1 N–H and O–H groups in total. The summed E-state index contributed by atoms with van der Waals surface area (Å²) in [6.45, 7) is 0.235. The topological polar surface area (TPSA) is 91.3 Å². The Kier molecular flexibility index (Phi) is 7.53. The highest BCUT2D eigenvalue weighted by atomic mass is 32.2. The summed E-state index contributed by atoms with van der Waals surface area (Å²) in [5, 5.41) is 2.48. The number of hydrogen-bond donors (Lipinski definition) is 1. The van der Waals surface area contributed by atoms with Gasteiger partial charge in [-0.3, -0.25) is 19.3 Å². The Hall–Kier alpha value is -3.33. The van der Waals surface area contributed by atoms with Crippen molar-refractivity contribution in [2.45, 2.75) is 18.2 Å². The lowest BCUT2D eigenvalue weighted by Gasteiger charge is -2.18. The van der Waals surface area contributed by atoms with Crippen LogP contribution in [0, 0.1) is 0 Å². The molecule has 1 heterocycles. The van der Waals surface area contributed by atoms with Gasteiger partial charge in [0, 0.05) is 33.1 Å². The summed E-state index contributed by atoms with van der Waals surface area (Å²) in [5.74, 6) is 0.0558. The van der Waals surface area contributed by atoms with E-state index in [1.165, 1.54) is 16.7 Å². The van der Waals surface area contributed by atoms with E-state index in [0.29, 0.717) is 22.2 Å². The Labute approximate surface area is 191 Å². The van der Waals surface area contributed by atoms with E-state index in [9.17, 15) is 14.4 Å². The van der Waals surface area contributed by atoms with Gasteiger partial charge in [-0.15, -0.1) is 0 Å². The lowest BCUT2D eigenvalue weighted by Crippen LogP contribution is -2.33. The molecule has 32 heavy (non-hydrogen) atoms. The molecule has 1 fully saturated rings. The Morgan fingerprint density at radius 2 is 1.94 bits per heavy atom. The van der Waals surface area contributed by atoms with Crippen LogP contribution in [-0.4, -0.2) is 66.2 Å². The van der Waals surface area contributed by atoms with Gasteiger partial charge in [-0.05, 0) is 29.8 Å². The summed E-state index contributed by atoms with van der Waals surface area (Å²) in [6, 6.07) is 14.4. The lowest BCUT2D eigenvalue weighted by atomic mass is 10.1. The van der Waals surface area contributed by atoms with Crippen LogP contribution in [0.15, 0.2) is 53.5 Å². The zero-order valence-electron chi connectivity index (χ0n) is 18.5. The number of methoxy groups -OCH3 is 1. The summed E-state index contributed by atoms with van der Waals surface area (Å²) < 4.78 is 5.38. The van der Waals surface area contributed by atoms with E-state index in [2.05, 4.69) is 10.3 Å². The minimum absolute atomic E-state index is 0.0562. The van der Waals surface area contributed by atoms with Crippen LogP contribution in [0.5, 0.6) is 5.75 Å². The largest absolute Gasteiger partial charge is 0.494 e.